The van der Waals surface area contributed by atoms with E-state index in [1.165, 1.54) is 0 Å². The first-order valence-corrected chi connectivity index (χ1v) is 5.45. The van der Waals surface area contributed by atoms with Gasteiger partial charge in [-0.05, 0) is 31.0 Å². The van der Waals surface area contributed by atoms with Crippen molar-refractivity contribution in [1.82, 2.24) is 5.32 Å². The van der Waals surface area contributed by atoms with Crippen LogP contribution in [0.2, 0.25) is 5.02 Å². The summed E-state index contributed by atoms with van der Waals surface area (Å²) in [6.07, 6.45) is 0.690. The van der Waals surface area contributed by atoms with Crippen LogP contribution in [0.15, 0.2) is 18.2 Å². The smallest absolute Gasteiger partial charge is 0.312 e. The number of carbonyl (C=O) groups excluding carboxylic acids is 1. The Bertz CT molecular complexity index is 369. The number of halogens is 1. The number of benzene rings is 1. The number of carbonyl (C=O) groups is 1. The number of primary amides is 1. The third-order valence-corrected chi connectivity index (χ3v) is 2.30. The molecule has 0 radical (unpaired) electrons. The zero-order valence-electron chi connectivity index (χ0n) is 9.13. The van der Waals surface area contributed by atoms with Crippen LogP contribution >= 0.6 is 11.6 Å². The number of ether oxygens (including phenoxy) is 1. The summed E-state index contributed by atoms with van der Waals surface area (Å²) in [4.78, 5) is 10.5. The molecular weight excluding hydrogens is 228 g/mol. The van der Waals surface area contributed by atoms with E-state index in [0.717, 1.165) is 5.56 Å². The van der Waals surface area contributed by atoms with Crippen LogP contribution < -0.4 is 15.8 Å². The normalized spacial score (nSPS) is 9.88. The maximum atomic E-state index is 10.5. The fourth-order valence-electron chi connectivity index (χ4n) is 1.30. The van der Waals surface area contributed by atoms with Gasteiger partial charge in [0.25, 0.3) is 0 Å². The topological polar surface area (TPSA) is 64.3 Å². The third kappa shape index (κ3) is 3.98. The highest BCUT2D eigenvalue weighted by molar-refractivity contribution is 6.32. The fourth-order valence-corrected chi connectivity index (χ4v) is 1.56. The van der Waals surface area contributed by atoms with Crippen molar-refractivity contribution in [3.63, 3.8) is 0 Å². The molecule has 1 rings (SSSR count). The van der Waals surface area contributed by atoms with Gasteiger partial charge in [0.05, 0.1) is 11.6 Å². The Labute approximate surface area is 99.7 Å². The Hall–Kier alpha value is -1.42. The molecule has 0 bridgehead atoms. The SMILES string of the molecule is CCOc1ccc(CCNC(N)=O)cc1Cl. The molecular formula is C11H15ClN2O2. The molecule has 16 heavy (non-hydrogen) atoms. The van der Waals surface area contributed by atoms with Crippen LogP contribution in [-0.4, -0.2) is 19.2 Å². The van der Waals surface area contributed by atoms with E-state index in [9.17, 15) is 4.79 Å². The lowest BCUT2D eigenvalue weighted by Gasteiger charge is -2.07. The Morgan fingerprint density at radius 2 is 2.31 bits per heavy atom. The van der Waals surface area contributed by atoms with Crippen molar-refractivity contribution >= 4 is 17.6 Å². The predicted molar refractivity (Wildman–Crippen MR) is 63.9 cm³/mol. The van der Waals surface area contributed by atoms with E-state index in [4.69, 9.17) is 22.1 Å². The first-order chi connectivity index (χ1) is 7.63. The lowest BCUT2D eigenvalue weighted by atomic mass is 10.1. The quantitative estimate of drug-likeness (QED) is 0.829. The molecule has 0 heterocycles. The van der Waals surface area contributed by atoms with Gasteiger partial charge in [0.15, 0.2) is 0 Å². The molecule has 3 N–H and O–H groups in total. The molecule has 5 heteroatoms. The van der Waals surface area contributed by atoms with E-state index >= 15 is 0 Å². The van der Waals surface area contributed by atoms with E-state index in [2.05, 4.69) is 5.32 Å². The van der Waals surface area contributed by atoms with Crippen molar-refractivity contribution in [1.29, 1.82) is 0 Å². The molecule has 0 aliphatic heterocycles. The Kier molecular flexibility index (Phi) is 4.92. The van der Waals surface area contributed by atoms with Gasteiger partial charge in [-0.3, -0.25) is 0 Å². The van der Waals surface area contributed by atoms with Gasteiger partial charge in [0, 0.05) is 6.54 Å². The minimum atomic E-state index is -0.517. The van der Waals surface area contributed by atoms with Crippen LogP contribution in [0.4, 0.5) is 4.79 Å². The highest BCUT2D eigenvalue weighted by Crippen LogP contribution is 2.25. The van der Waals surface area contributed by atoms with Gasteiger partial charge in [-0.15, -0.1) is 0 Å². The lowest BCUT2D eigenvalue weighted by Crippen LogP contribution is -2.30. The molecule has 88 valence electrons. The average Bonchev–Trinajstić information content (AvgIpc) is 2.21. The second kappa shape index (κ2) is 6.23. The molecule has 0 aliphatic carbocycles. The Balaban J connectivity index is 2.55. The fraction of sp³-hybridized carbons (Fsp3) is 0.364. The average molecular weight is 243 g/mol. The van der Waals surface area contributed by atoms with E-state index < -0.39 is 6.03 Å². The summed E-state index contributed by atoms with van der Waals surface area (Å²) < 4.78 is 5.31. The van der Waals surface area contributed by atoms with Crippen molar-refractivity contribution in [2.45, 2.75) is 13.3 Å². The number of nitrogens with two attached hydrogens (primary N) is 1. The van der Waals surface area contributed by atoms with Gasteiger partial charge in [-0.1, -0.05) is 17.7 Å². The second-order valence-corrected chi connectivity index (χ2v) is 3.65. The van der Waals surface area contributed by atoms with Crippen LogP contribution in [0.3, 0.4) is 0 Å². The summed E-state index contributed by atoms with van der Waals surface area (Å²) in [5.41, 5.74) is 5.98. The molecule has 0 saturated heterocycles. The zero-order chi connectivity index (χ0) is 12.0. The van der Waals surface area contributed by atoms with Crippen molar-refractivity contribution in [2.24, 2.45) is 5.73 Å². The van der Waals surface area contributed by atoms with Gasteiger partial charge in [-0.2, -0.15) is 0 Å². The first kappa shape index (κ1) is 12.6. The van der Waals surface area contributed by atoms with Crippen LogP contribution in [0.1, 0.15) is 12.5 Å². The molecule has 1 aromatic rings. The van der Waals surface area contributed by atoms with Crippen molar-refractivity contribution in [3.05, 3.63) is 28.8 Å². The van der Waals surface area contributed by atoms with E-state index in [-0.39, 0.29) is 0 Å². The van der Waals surface area contributed by atoms with Crippen LogP contribution in [0, 0.1) is 0 Å². The van der Waals surface area contributed by atoms with Gasteiger partial charge < -0.3 is 15.8 Å². The molecule has 0 fully saturated rings. The molecule has 2 amide bonds. The van der Waals surface area contributed by atoms with E-state index in [1.807, 2.05) is 25.1 Å². The number of rotatable bonds is 5. The van der Waals surface area contributed by atoms with Crippen molar-refractivity contribution in [3.8, 4) is 5.75 Å². The largest absolute Gasteiger partial charge is 0.492 e. The Morgan fingerprint density at radius 1 is 1.56 bits per heavy atom. The maximum Gasteiger partial charge on any atom is 0.312 e. The van der Waals surface area contributed by atoms with Crippen LogP contribution in [-0.2, 0) is 6.42 Å². The Morgan fingerprint density at radius 3 is 2.88 bits per heavy atom. The minimum absolute atomic E-state index is 0.500. The summed E-state index contributed by atoms with van der Waals surface area (Å²) in [6, 6.07) is 5.05. The zero-order valence-corrected chi connectivity index (χ0v) is 9.88. The number of hydrogen-bond donors (Lipinski definition) is 2. The molecule has 4 nitrogen and oxygen atoms in total. The number of amides is 2. The summed E-state index contributed by atoms with van der Waals surface area (Å²) in [7, 11) is 0. The molecule has 0 saturated carbocycles. The van der Waals surface area contributed by atoms with Crippen molar-refractivity contribution < 1.29 is 9.53 Å². The van der Waals surface area contributed by atoms with E-state index in [0.29, 0.717) is 30.3 Å². The number of nitrogens with one attached hydrogen (secondary N) is 1. The van der Waals surface area contributed by atoms with Gasteiger partial charge in [-0.25, -0.2) is 4.79 Å². The lowest BCUT2D eigenvalue weighted by molar-refractivity contribution is 0.249. The summed E-state index contributed by atoms with van der Waals surface area (Å²) in [6.45, 7) is 2.99. The molecule has 1 aromatic carbocycles. The van der Waals surface area contributed by atoms with Crippen molar-refractivity contribution in [2.75, 3.05) is 13.2 Å². The molecule has 0 aliphatic rings. The number of hydrogen-bond acceptors (Lipinski definition) is 2. The molecule has 0 unspecified atom stereocenters. The second-order valence-electron chi connectivity index (χ2n) is 3.24. The van der Waals surface area contributed by atoms with Gasteiger partial charge in [0.2, 0.25) is 0 Å². The molecule has 0 atom stereocenters. The molecule has 0 aromatic heterocycles. The standard InChI is InChI=1S/C11H15ClN2O2/c1-2-16-10-4-3-8(7-9(10)12)5-6-14-11(13)15/h3-4,7H,2,5-6H2,1H3,(H3,13,14,15). The maximum absolute atomic E-state index is 10.5. The summed E-state index contributed by atoms with van der Waals surface area (Å²) in [5, 5.41) is 3.10. The number of urea groups is 1. The van der Waals surface area contributed by atoms with Crippen LogP contribution in [0.25, 0.3) is 0 Å². The van der Waals surface area contributed by atoms with Gasteiger partial charge in [0.1, 0.15) is 5.75 Å². The molecule has 0 spiro atoms. The summed E-state index contributed by atoms with van der Waals surface area (Å²) >= 11 is 6.01. The highest BCUT2D eigenvalue weighted by Gasteiger charge is 2.02. The van der Waals surface area contributed by atoms with E-state index in [1.54, 1.807) is 0 Å². The van der Waals surface area contributed by atoms with Crippen LogP contribution in [0.5, 0.6) is 5.75 Å². The monoisotopic (exact) mass is 242 g/mol. The predicted octanol–water partition coefficient (Wildman–Crippen LogP) is 1.95. The highest BCUT2D eigenvalue weighted by atomic mass is 35.5. The minimum Gasteiger partial charge on any atom is -0.492 e. The van der Waals surface area contributed by atoms with Gasteiger partial charge >= 0.3 is 6.03 Å². The summed E-state index contributed by atoms with van der Waals surface area (Å²) in [5.74, 6) is 0.677. The first-order valence-electron chi connectivity index (χ1n) is 5.08. The third-order valence-electron chi connectivity index (χ3n) is 2.01.